The van der Waals surface area contributed by atoms with Crippen LogP contribution >= 0.6 is 0 Å². The highest BCUT2D eigenvalue weighted by Gasteiger charge is 2.07. The van der Waals surface area contributed by atoms with E-state index in [4.69, 9.17) is 5.11 Å². The number of carbonyl (C=O) groups is 1. The van der Waals surface area contributed by atoms with Gasteiger partial charge in [-0.2, -0.15) is 0 Å². The number of pyridine rings is 1. The lowest BCUT2D eigenvalue weighted by molar-refractivity contribution is 0.0697. The van der Waals surface area contributed by atoms with Crippen LogP contribution in [0.2, 0.25) is 0 Å². The van der Waals surface area contributed by atoms with Crippen LogP contribution in [-0.4, -0.2) is 20.6 Å². The molecule has 2 heterocycles. The number of carboxylic acid groups (broad SMARTS) is 1. The van der Waals surface area contributed by atoms with Crippen molar-refractivity contribution in [3.8, 4) is 5.69 Å². The van der Waals surface area contributed by atoms with Crippen LogP contribution in [0.1, 0.15) is 10.4 Å². The van der Waals surface area contributed by atoms with Gasteiger partial charge in [0.05, 0.1) is 11.1 Å². The Hall–Kier alpha value is -2.62. The van der Waals surface area contributed by atoms with Crippen molar-refractivity contribution in [2.24, 2.45) is 0 Å². The topological polar surface area (TPSA) is 55.1 Å². The highest BCUT2D eigenvalue weighted by atomic mass is 16.4. The third-order valence-corrected chi connectivity index (χ3v) is 2.88. The quantitative estimate of drug-likeness (QED) is 0.746. The Labute approximate surface area is 103 Å². The molecule has 1 N–H and O–H groups in total. The molecule has 0 spiro atoms. The van der Waals surface area contributed by atoms with Crippen LogP contribution in [0.25, 0.3) is 16.6 Å². The smallest absolute Gasteiger partial charge is 0.335 e. The highest BCUT2D eigenvalue weighted by Crippen LogP contribution is 2.21. The minimum Gasteiger partial charge on any atom is -0.478 e. The first kappa shape index (κ1) is 10.5. The van der Waals surface area contributed by atoms with Crippen LogP contribution < -0.4 is 0 Å². The summed E-state index contributed by atoms with van der Waals surface area (Å²) >= 11 is 0. The van der Waals surface area contributed by atoms with E-state index in [9.17, 15) is 4.79 Å². The van der Waals surface area contributed by atoms with Crippen molar-refractivity contribution >= 4 is 16.9 Å². The minimum atomic E-state index is -0.917. The van der Waals surface area contributed by atoms with Crippen LogP contribution in [0, 0.1) is 0 Å². The molecule has 0 aliphatic carbocycles. The molecule has 0 amide bonds. The first-order valence-corrected chi connectivity index (χ1v) is 5.50. The van der Waals surface area contributed by atoms with E-state index in [1.807, 2.05) is 35.0 Å². The van der Waals surface area contributed by atoms with Gasteiger partial charge in [0.25, 0.3) is 0 Å². The molecule has 0 unspecified atom stereocenters. The number of rotatable bonds is 2. The second-order valence-corrected chi connectivity index (χ2v) is 3.97. The Balaban J connectivity index is 2.24. The van der Waals surface area contributed by atoms with Crippen molar-refractivity contribution in [2.45, 2.75) is 0 Å². The summed E-state index contributed by atoms with van der Waals surface area (Å²) in [5.74, 6) is -0.917. The van der Waals surface area contributed by atoms with Crippen LogP contribution in [0.4, 0.5) is 0 Å². The van der Waals surface area contributed by atoms with Crippen molar-refractivity contribution in [1.29, 1.82) is 0 Å². The molecule has 4 heteroatoms. The lowest BCUT2D eigenvalue weighted by atomic mass is 10.1. The van der Waals surface area contributed by atoms with E-state index in [0.717, 1.165) is 16.6 Å². The molecule has 0 radical (unpaired) electrons. The van der Waals surface area contributed by atoms with Crippen molar-refractivity contribution in [1.82, 2.24) is 9.55 Å². The zero-order valence-corrected chi connectivity index (χ0v) is 9.45. The molecule has 0 atom stereocenters. The molecule has 3 aromatic rings. The van der Waals surface area contributed by atoms with Gasteiger partial charge in [-0.05, 0) is 35.7 Å². The Bertz CT molecular complexity index is 717. The van der Waals surface area contributed by atoms with Gasteiger partial charge in [-0.25, -0.2) is 4.79 Å². The second kappa shape index (κ2) is 4.00. The largest absolute Gasteiger partial charge is 0.478 e. The minimum absolute atomic E-state index is 0.288. The van der Waals surface area contributed by atoms with Crippen LogP contribution in [0.5, 0.6) is 0 Å². The van der Waals surface area contributed by atoms with E-state index in [-0.39, 0.29) is 5.56 Å². The normalized spacial score (nSPS) is 10.7. The molecule has 18 heavy (non-hydrogen) atoms. The molecule has 0 saturated carbocycles. The zero-order valence-electron chi connectivity index (χ0n) is 9.45. The summed E-state index contributed by atoms with van der Waals surface area (Å²) in [6, 6.07) is 10.8. The van der Waals surface area contributed by atoms with Gasteiger partial charge in [0.2, 0.25) is 0 Å². The fourth-order valence-electron chi connectivity index (χ4n) is 1.99. The number of nitrogens with zero attached hydrogens (tertiary/aromatic N) is 2. The van der Waals surface area contributed by atoms with Crippen LogP contribution in [0.3, 0.4) is 0 Å². The maximum Gasteiger partial charge on any atom is 0.335 e. The Kier molecular flexibility index (Phi) is 2.34. The first-order chi connectivity index (χ1) is 8.75. The molecule has 88 valence electrons. The summed E-state index contributed by atoms with van der Waals surface area (Å²) in [5.41, 5.74) is 2.13. The Morgan fingerprint density at radius 2 is 1.89 bits per heavy atom. The summed E-state index contributed by atoms with van der Waals surface area (Å²) in [5, 5.41) is 10.0. The van der Waals surface area contributed by atoms with E-state index in [1.165, 1.54) is 0 Å². The molecular weight excluding hydrogens is 228 g/mol. The van der Waals surface area contributed by atoms with Gasteiger partial charge in [0.1, 0.15) is 0 Å². The van der Waals surface area contributed by atoms with Crippen molar-refractivity contribution in [3.63, 3.8) is 0 Å². The van der Waals surface area contributed by atoms with Crippen LogP contribution in [0.15, 0.2) is 55.0 Å². The summed E-state index contributed by atoms with van der Waals surface area (Å²) in [4.78, 5) is 15.0. The van der Waals surface area contributed by atoms with E-state index < -0.39 is 5.97 Å². The first-order valence-electron chi connectivity index (χ1n) is 5.50. The predicted molar refractivity (Wildman–Crippen MR) is 68.0 cm³/mol. The Morgan fingerprint density at radius 3 is 2.61 bits per heavy atom. The third kappa shape index (κ3) is 1.64. The molecule has 2 aromatic heterocycles. The predicted octanol–water partition coefficient (Wildman–Crippen LogP) is 2.72. The molecule has 0 saturated heterocycles. The number of aromatic carboxylic acids is 1. The van der Waals surface area contributed by atoms with E-state index in [1.54, 1.807) is 24.5 Å². The number of benzene rings is 1. The molecule has 0 aliphatic heterocycles. The fraction of sp³-hybridized carbons (Fsp3) is 0. The van der Waals surface area contributed by atoms with E-state index in [2.05, 4.69) is 4.98 Å². The maximum absolute atomic E-state index is 11.0. The number of fused-ring (bicyclic) bond motifs is 1. The zero-order chi connectivity index (χ0) is 12.5. The highest BCUT2D eigenvalue weighted by molar-refractivity contribution is 5.94. The van der Waals surface area contributed by atoms with Gasteiger partial charge in [0, 0.05) is 24.3 Å². The second-order valence-electron chi connectivity index (χ2n) is 3.97. The number of hydrogen-bond acceptors (Lipinski definition) is 2. The average molecular weight is 238 g/mol. The summed E-state index contributed by atoms with van der Waals surface area (Å²) < 4.78 is 1.95. The van der Waals surface area contributed by atoms with Gasteiger partial charge >= 0.3 is 5.97 Å². The standard InChI is InChI=1S/C14H10N2O2/c17-14(18)11-2-1-10-5-8-16(13(10)9-11)12-3-6-15-7-4-12/h1-9H,(H,17,18). The molecule has 0 bridgehead atoms. The summed E-state index contributed by atoms with van der Waals surface area (Å²) in [6.07, 6.45) is 5.34. The van der Waals surface area contributed by atoms with Crippen molar-refractivity contribution < 1.29 is 9.90 Å². The average Bonchev–Trinajstić information content (AvgIpc) is 2.82. The molecule has 4 nitrogen and oxygen atoms in total. The van der Waals surface area contributed by atoms with E-state index >= 15 is 0 Å². The van der Waals surface area contributed by atoms with Gasteiger partial charge in [0.15, 0.2) is 0 Å². The van der Waals surface area contributed by atoms with Crippen LogP contribution in [-0.2, 0) is 0 Å². The number of hydrogen-bond donors (Lipinski definition) is 1. The number of carboxylic acids is 1. The van der Waals surface area contributed by atoms with Crippen molar-refractivity contribution in [2.75, 3.05) is 0 Å². The summed E-state index contributed by atoms with van der Waals surface area (Å²) in [7, 11) is 0. The summed E-state index contributed by atoms with van der Waals surface area (Å²) in [6.45, 7) is 0. The molecule has 0 fully saturated rings. The van der Waals surface area contributed by atoms with Gasteiger partial charge in [-0.3, -0.25) is 4.98 Å². The Morgan fingerprint density at radius 1 is 1.11 bits per heavy atom. The third-order valence-electron chi connectivity index (χ3n) is 2.88. The van der Waals surface area contributed by atoms with E-state index in [0.29, 0.717) is 0 Å². The molecule has 3 rings (SSSR count). The van der Waals surface area contributed by atoms with Gasteiger partial charge in [-0.15, -0.1) is 0 Å². The lowest BCUT2D eigenvalue weighted by Crippen LogP contribution is -1.97. The molecule has 0 aliphatic rings. The fourth-order valence-corrected chi connectivity index (χ4v) is 1.99. The lowest BCUT2D eigenvalue weighted by Gasteiger charge is -2.05. The van der Waals surface area contributed by atoms with Gasteiger partial charge < -0.3 is 9.67 Å². The monoisotopic (exact) mass is 238 g/mol. The maximum atomic E-state index is 11.0. The molecular formula is C14H10N2O2. The SMILES string of the molecule is O=C(O)c1ccc2ccn(-c3ccncc3)c2c1. The van der Waals surface area contributed by atoms with Crippen molar-refractivity contribution in [3.05, 3.63) is 60.6 Å². The number of aromatic nitrogens is 2. The van der Waals surface area contributed by atoms with Gasteiger partial charge in [-0.1, -0.05) is 6.07 Å². The molecule has 1 aromatic carbocycles.